The van der Waals surface area contributed by atoms with Crippen LogP contribution in [0.2, 0.25) is 0 Å². The maximum atomic E-state index is 13.0. The van der Waals surface area contributed by atoms with Gasteiger partial charge in [0.25, 0.3) is 0 Å². The Morgan fingerprint density at radius 1 is 0.957 bits per heavy atom. The molecule has 0 unspecified atom stereocenters. The molecule has 1 amide bonds. The normalized spacial score (nSPS) is 11.7. The van der Waals surface area contributed by atoms with Gasteiger partial charge in [-0.3, -0.25) is 4.68 Å². The average Bonchev–Trinajstić information content (AvgIpc) is 3.57. The summed E-state index contributed by atoms with van der Waals surface area (Å²) >= 11 is 3.61. The quantitative estimate of drug-likeness (QED) is 0.0977. The zero-order valence-corrected chi connectivity index (χ0v) is 29.3. The molecule has 5 aromatic rings. The van der Waals surface area contributed by atoms with Crippen molar-refractivity contribution < 1.29 is 24.2 Å². The maximum absolute atomic E-state index is 13.0. The van der Waals surface area contributed by atoms with E-state index in [9.17, 15) is 14.7 Å². The summed E-state index contributed by atoms with van der Waals surface area (Å²) < 4.78 is 15.5. The second-order valence-electron chi connectivity index (χ2n) is 12.8. The molecule has 1 N–H and O–H groups in total. The van der Waals surface area contributed by atoms with Crippen LogP contribution in [0.15, 0.2) is 66.9 Å². The van der Waals surface area contributed by atoms with Gasteiger partial charge in [-0.15, -0.1) is 0 Å². The molecule has 47 heavy (non-hydrogen) atoms. The summed E-state index contributed by atoms with van der Waals surface area (Å²) in [5, 5.41) is 18.8. The Morgan fingerprint density at radius 3 is 2.43 bits per heavy atom. The van der Waals surface area contributed by atoms with Gasteiger partial charge in [0.15, 0.2) is 0 Å². The third-order valence-corrected chi connectivity index (χ3v) is 8.81. The van der Waals surface area contributed by atoms with E-state index in [1.807, 2.05) is 91.8 Å². The molecule has 0 bridgehead atoms. The topological polar surface area (TPSA) is 98.8 Å². The first kappa shape index (κ1) is 34.0. The molecule has 0 aliphatic carbocycles. The van der Waals surface area contributed by atoms with Gasteiger partial charge < -0.3 is 24.0 Å². The Bertz CT molecular complexity index is 1880. The lowest BCUT2D eigenvalue weighted by atomic mass is 10.00. The van der Waals surface area contributed by atoms with Gasteiger partial charge in [-0.05, 0) is 63.5 Å². The number of amides is 1. The summed E-state index contributed by atoms with van der Waals surface area (Å²) in [4.78, 5) is 27.1. The molecule has 10 heteroatoms. The molecule has 248 valence electrons. The van der Waals surface area contributed by atoms with Crippen molar-refractivity contribution in [2.45, 2.75) is 63.9 Å². The van der Waals surface area contributed by atoms with Crippen molar-refractivity contribution in [2.24, 2.45) is 7.05 Å². The Hall–Kier alpha value is -4.31. The minimum atomic E-state index is -0.963. The molecular weight excluding hydrogens is 660 g/mol. The van der Waals surface area contributed by atoms with Crippen LogP contribution in [0.1, 0.15) is 61.8 Å². The van der Waals surface area contributed by atoms with Crippen LogP contribution in [0.25, 0.3) is 32.8 Å². The Kier molecular flexibility index (Phi) is 10.6. The third kappa shape index (κ3) is 7.64. The number of aromatic carboxylic acids is 1. The summed E-state index contributed by atoms with van der Waals surface area (Å²) in [6.45, 7) is 6.96. The van der Waals surface area contributed by atoms with Crippen LogP contribution in [0.4, 0.5) is 4.79 Å². The molecular formula is C37H43BrN4O5. The van der Waals surface area contributed by atoms with Crippen molar-refractivity contribution in [3.8, 4) is 16.9 Å². The average molecular weight is 704 g/mol. The van der Waals surface area contributed by atoms with E-state index >= 15 is 0 Å². The van der Waals surface area contributed by atoms with Crippen LogP contribution in [0, 0.1) is 0 Å². The number of nitrogens with zero attached hydrogens (tertiary/aromatic N) is 4. The van der Waals surface area contributed by atoms with Crippen molar-refractivity contribution >= 4 is 49.7 Å². The zero-order chi connectivity index (χ0) is 33.7. The largest absolute Gasteiger partial charge is 0.493 e. The van der Waals surface area contributed by atoms with E-state index in [4.69, 9.17) is 9.47 Å². The summed E-state index contributed by atoms with van der Waals surface area (Å²) in [7, 11) is 3.63. The van der Waals surface area contributed by atoms with Gasteiger partial charge in [-0.1, -0.05) is 70.5 Å². The number of alkyl halides is 1. The van der Waals surface area contributed by atoms with Gasteiger partial charge in [0.05, 0.1) is 24.0 Å². The van der Waals surface area contributed by atoms with Crippen molar-refractivity contribution in [3.63, 3.8) is 0 Å². The molecule has 2 aromatic heterocycles. The second kappa shape index (κ2) is 14.6. The Balaban J connectivity index is 1.44. The first-order chi connectivity index (χ1) is 22.5. The number of rotatable bonds is 13. The lowest BCUT2D eigenvalue weighted by Gasteiger charge is -2.24. The predicted octanol–water partition coefficient (Wildman–Crippen LogP) is 8.45. The van der Waals surface area contributed by atoms with Crippen LogP contribution in [-0.2, 0) is 30.1 Å². The van der Waals surface area contributed by atoms with E-state index in [1.54, 1.807) is 11.9 Å². The number of para-hydroxylation sites is 1. The van der Waals surface area contributed by atoms with Gasteiger partial charge in [0.1, 0.15) is 17.0 Å². The smallest absolute Gasteiger partial charge is 0.410 e. The zero-order valence-electron chi connectivity index (χ0n) is 27.8. The van der Waals surface area contributed by atoms with Gasteiger partial charge >= 0.3 is 12.1 Å². The molecule has 9 nitrogen and oxygen atoms in total. The number of hydrogen-bond acceptors (Lipinski definition) is 5. The number of carboxylic acid groups (broad SMARTS) is 1. The third-order valence-electron chi connectivity index (χ3n) is 8.28. The van der Waals surface area contributed by atoms with Gasteiger partial charge in [0, 0.05) is 54.4 Å². The van der Waals surface area contributed by atoms with E-state index in [2.05, 4.69) is 33.2 Å². The van der Waals surface area contributed by atoms with E-state index in [-0.39, 0.29) is 6.09 Å². The molecule has 2 heterocycles. The van der Waals surface area contributed by atoms with Crippen molar-refractivity contribution in [1.82, 2.24) is 19.2 Å². The number of unbranched alkanes of at least 4 members (excludes halogenated alkanes) is 1. The fourth-order valence-electron chi connectivity index (χ4n) is 6.07. The minimum absolute atomic E-state index is 0.294. The Morgan fingerprint density at radius 2 is 1.68 bits per heavy atom. The minimum Gasteiger partial charge on any atom is -0.493 e. The van der Waals surface area contributed by atoms with Crippen LogP contribution in [0.5, 0.6) is 5.75 Å². The standard InChI is InChI=1S/C37H43BrN4O5/c1-37(2,3)47-36(45)40(4)20-8-9-21-42-33-27(16-11-17-29(33)30-24-39-41(5)31(30)23-38)28(34(42)35(43)44)18-12-22-46-32-19-10-14-25-13-6-7-15-26(25)32/h6-7,10-11,13-17,19,24H,8-9,12,18,20-23H2,1-5H3,(H,43,44). The highest BCUT2D eigenvalue weighted by Crippen LogP contribution is 2.37. The molecule has 0 aliphatic heterocycles. The number of aromatic nitrogens is 3. The molecule has 0 saturated carbocycles. The van der Waals surface area contributed by atoms with E-state index in [1.165, 1.54) is 0 Å². The predicted molar refractivity (Wildman–Crippen MR) is 190 cm³/mol. The molecule has 0 spiro atoms. The first-order valence-corrected chi connectivity index (χ1v) is 17.1. The molecule has 3 aromatic carbocycles. The fourth-order valence-corrected chi connectivity index (χ4v) is 6.73. The molecule has 0 atom stereocenters. The number of hydrogen-bond donors (Lipinski definition) is 1. The van der Waals surface area contributed by atoms with Crippen LogP contribution < -0.4 is 4.74 Å². The molecule has 5 rings (SSSR count). The highest BCUT2D eigenvalue weighted by atomic mass is 79.9. The number of aryl methyl sites for hydroxylation is 3. The molecule has 0 aliphatic rings. The number of carbonyl (C=O) groups is 2. The van der Waals surface area contributed by atoms with Crippen molar-refractivity contribution in [2.75, 3.05) is 20.2 Å². The number of carbonyl (C=O) groups excluding carboxylic acids is 1. The first-order valence-electron chi connectivity index (χ1n) is 16.0. The summed E-state index contributed by atoms with van der Waals surface area (Å²) in [5.74, 6) is -0.142. The molecule has 0 saturated heterocycles. The van der Waals surface area contributed by atoms with Gasteiger partial charge in [-0.25, -0.2) is 9.59 Å². The van der Waals surface area contributed by atoms with Crippen LogP contribution in [0.3, 0.4) is 0 Å². The lowest BCUT2D eigenvalue weighted by molar-refractivity contribution is 0.0296. The lowest BCUT2D eigenvalue weighted by Crippen LogP contribution is -2.34. The highest BCUT2D eigenvalue weighted by Gasteiger charge is 2.26. The Labute approximate surface area is 284 Å². The number of ether oxygens (including phenoxy) is 2. The van der Waals surface area contributed by atoms with E-state index < -0.39 is 11.6 Å². The van der Waals surface area contributed by atoms with Crippen molar-refractivity contribution in [1.29, 1.82) is 0 Å². The van der Waals surface area contributed by atoms with Gasteiger partial charge in [0.2, 0.25) is 0 Å². The number of benzene rings is 3. The second-order valence-corrected chi connectivity index (χ2v) is 13.3. The highest BCUT2D eigenvalue weighted by molar-refractivity contribution is 9.08. The molecule has 0 radical (unpaired) electrons. The molecule has 0 fully saturated rings. The van der Waals surface area contributed by atoms with Crippen LogP contribution >= 0.6 is 15.9 Å². The monoisotopic (exact) mass is 702 g/mol. The summed E-state index contributed by atoms with van der Waals surface area (Å²) in [5.41, 5.74) is 4.31. The van der Waals surface area contributed by atoms with E-state index in [0.717, 1.165) is 49.8 Å². The van der Waals surface area contributed by atoms with E-state index in [0.29, 0.717) is 56.4 Å². The fraction of sp³-hybridized carbons (Fsp3) is 0.378. The van der Waals surface area contributed by atoms with Crippen molar-refractivity contribution in [3.05, 3.63) is 83.8 Å². The summed E-state index contributed by atoms with van der Waals surface area (Å²) in [6.07, 6.45) is 4.02. The van der Waals surface area contributed by atoms with Crippen LogP contribution in [-0.4, -0.2) is 62.2 Å². The number of halogens is 1. The van der Waals surface area contributed by atoms with Gasteiger partial charge in [-0.2, -0.15) is 5.10 Å². The maximum Gasteiger partial charge on any atom is 0.410 e. The summed E-state index contributed by atoms with van der Waals surface area (Å²) in [6, 6.07) is 20.2. The number of fused-ring (bicyclic) bond motifs is 2. The number of carboxylic acids is 1. The SMILES string of the molecule is CN(CCCCn1c(C(=O)O)c(CCCOc2cccc3ccccc23)c2cccc(-c3cnn(C)c3CBr)c21)C(=O)OC(C)(C)C.